The van der Waals surface area contributed by atoms with Gasteiger partial charge in [0.1, 0.15) is 10.8 Å². The molecule has 0 unspecified atom stereocenters. The van der Waals surface area contributed by atoms with E-state index in [9.17, 15) is 4.79 Å². The molecule has 5 heteroatoms. The molecule has 1 aromatic rings. The van der Waals surface area contributed by atoms with E-state index in [4.69, 9.17) is 4.74 Å². The number of halogens is 1. The average molecular weight is 267 g/mol. The van der Waals surface area contributed by atoms with Gasteiger partial charge in [-0.3, -0.25) is 0 Å². The minimum Gasteiger partial charge on any atom is -0.450 e. The molecule has 1 aromatic heterocycles. The van der Waals surface area contributed by atoms with E-state index in [1.807, 2.05) is 11.6 Å². The highest BCUT2D eigenvalue weighted by atomic mass is 79.9. The molecule has 1 rings (SSSR count). The molecule has 66 valence electrons. The first-order valence-corrected chi connectivity index (χ1v) is 6.21. The molecule has 0 fully saturated rings. The predicted octanol–water partition coefficient (Wildman–Crippen LogP) is 2.99. The highest BCUT2D eigenvalue weighted by Crippen LogP contribution is 2.20. The quantitative estimate of drug-likeness (QED) is 0.622. The van der Waals surface area contributed by atoms with Crippen molar-refractivity contribution in [3.05, 3.63) is 20.8 Å². The Bertz CT molecular complexity index is 272. The maximum Gasteiger partial charge on any atom is 0.349 e. The summed E-state index contributed by atoms with van der Waals surface area (Å²) >= 11 is 6.12. The van der Waals surface area contributed by atoms with Crippen LogP contribution in [0.1, 0.15) is 9.67 Å². The van der Waals surface area contributed by atoms with Crippen LogP contribution in [0.15, 0.2) is 15.9 Å². The average Bonchev–Trinajstić information content (AvgIpc) is 2.47. The zero-order valence-electron chi connectivity index (χ0n) is 6.37. The maximum absolute atomic E-state index is 11.2. The lowest BCUT2D eigenvalue weighted by Crippen LogP contribution is -2.01. The lowest BCUT2D eigenvalue weighted by Gasteiger charge is -1.98. The number of carbonyl (C=O) groups is 1. The summed E-state index contributed by atoms with van der Waals surface area (Å²) in [6, 6.07) is 1.76. The van der Waals surface area contributed by atoms with E-state index < -0.39 is 0 Å². The van der Waals surface area contributed by atoms with Crippen LogP contribution in [-0.4, -0.2) is 18.2 Å². The van der Waals surface area contributed by atoms with E-state index in [1.165, 1.54) is 23.1 Å². The van der Waals surface area contributed by atoms with Crippen molar-refractivity contribution in [1.29, 1.82) is 0 Å². The molecule has 0 saturated heterocycles. The Labute approximate surface area is 87.4 Å². The molecule has 0 aliphatic rings. The summed E-state index contributed by atoms with van der Waals surface area (Å²) in [6.45, 7) is 0. The smallest absolute Gasteiger partial charge is 0.349 e. The van der Waals surface area contributed by atoms with Crippen LogP contribution >= 0.6 is 39.0 Å². The molecule has 0 N–H and O–H groups in total. The number of hydrogen-bond donors (Lipinski definition) is 0. The third-order valence-electron chi connectivity index (χ3n) is 1.08. The van der Waals surface area contributed by atoms with Gasteiger partial charge in [0.05, 0.1) is 0 Å². The Kier molecular flexibility index (Phi) is 4.11. The molecule has 0 bridgehead atoms. The van der Waals surface area contributed by atoms with Gasteiger partial charge in [-0.2, -0.15) is 0 Å². The molecule has 2 nitrogen and oxygen atoms in total. The fraction of sp³-hybridized carbons (Fsp3) is 0.286. The number of carbonyl (C=O) groups excluding carboxylic acids is 1. The van der Waals surface area contributed by atoms with Crippen LogP contribution in [0.2, 0.25) is 0 Å². The molecule has 0 aliphatic heterocycles. The van der Waals surface area contributed by atoms with Crippen molar-refractivity contribution < 1.29 is 9.53 Å². The number of thioether (sulfide) groups is 1. The second-order valence-electron chi connectivity index (χ2n) is 1.97. The summed E-state index contributed by atoms with van der Waals surface area (Å²) in [4.78, 5) is 11.8. The standard InChI is InChI=1S/C7H7BrO2S2/c1-11-4-10-7(9)6-2-5(8)3-12-6/h2-3H,4H2,1H3. The van der Waals surface area contributed by atoms with E-state index in [0.29, 0.717) is 10.8 Å². The molecule has 1 heterocycles. The summed E-state index contributed by atoms with van der Waals surface area (Å²) in [6.07, 6.45) is 1.89. The van der Waals surface area contributed by atoms with Crippen molar-refractivity contribution >= 4 is 45.0 Å². The van der Waals surface area contributed by atoms with Gasteiger partial charge < -0.3 is 4.74 Å². The van der Waals surface area contributed by atoms with E-state index in [-0.39, 0.29) is 5.97 Å². The summed E-state index contributed by atoms with van der Waals surface area (Å²) in [5, 5.41) is 1.86. The topological polar surface area (TPSA) is 26.3 Å². The molecule has 0 aliphatic carbocycles. The van der Waals surface area contributed by atoms with Crippen LogP contribution in [0.4, 0.5) is 0 Å². The van der Waals surface area contributed by atoms with Crippen molar-refractivity contribution in [2.45, 2.75) is 0 Å². The van der Waals surface area contributed by atoms with Crippen LogP contribution < -0.4 is 0 Å². The molecular formula is C7H7BrO2S2. The van der Waals surface area contributed by atoms with Gasteiger partial charge in [0.25, 0.3) is 0 Å². The number of ether oxygens (including phenoxy) is 1. The second-order valence-corrected chi connectivity index (χ2v) is 4.61. The fourth-order valence-corrected chi connectivity index (χ4v) is 2.15. The van der Waals surface area contributed by atoms with Crippen LogP contribution in [-0.2, 0) is 4.74 Å². The Morgan fingerprint density at radius 1 is 1.83 bits per heavy atom. The Balaban J connectivity index is 2.53. The molecule has 0 spiro atoms. The van der Waals surface area contributed by atoms with Crippen LogP contribution in [0, 0.1) is 0 Å². The molecule has 12 heavy (non-hydrogen) atoms. The number of thiophene rings is 1. The molecule has 0 saturated carbocycles. The third-order valence-corrected chi connectivity index (χ3v) is 3.10. The first-order valence-electron chi connectivity index (χ1n) is 3.14. The van der Waals surface area contributed by atoms with Gasteiger partial charge in [0.2, 0.25) is 0 Å². The summed E-state index contributed by atoms with van der Waals surface area (Å²) in [7, 11) is 0. The summed E-state index contributed by atoms with van der Waals surface area (Å²) < 4.78 is 5.82. The van der Waals surface area contributed by atoms with Crippen molar-refractivity contribution in [3.63, 3.8) is 0 Å². The van der Waals surface area contributed by atoms with Crippen molar-refractivity contribution in [2.24, 2.45) is 0 Å². The van der Waals surface area contributed by atoms with E-state index in [2.05, 4.69) is 15.9 Å². The van der Waals surface area contributed by atoms with Gasteiger partial charge in [-0.1, -0.05) is 0 Å². The predicted molar refractivity (Wildman–Crippen MR) is 55.8 cm³/mol. The molecule has 0 aromatic carbocycles. The van der Waals surface area contributed by atoms with Crippen molar-refractivity contribution in [2.75, 3.05) is 12.2 Å². The summed E-state index contributed by atoms with van der Waals surface area (Å²) in [5.74, 6) is 0.161. The highest BCUT2D eigenvalue weighted by molar-refractivity contribution is 9.10. The molecule has 0 radical (unpaired) electrons. The Morgan fingerprint density at radius 2 is 2.58 bits per heavy atom. The molecular weight excluding hydrogens is 260 g/mol. The minimum absolute atomic E-state index is 0.250. The van der Waals surface area contributed by atoms with Gasteiger partial charge in [-0.25, -0.2) is 4.79 Å². The van der Waals surface area contributed by atoms with Crippen molar-refractivity contribution in [3.8, 4) is 0 Å². The lowest BCUT2D eigenvalue weighted by atomic mass is 10.5. The zero-order chi connectivity index (χ0) is 8.97. The largest absolute Gasteiger partial charge is 0.450 e. The fourth-order valence-electron chi connectivity index (χ4n) is 0.604. The SMILES string of the molecule is CSCOC(=O)c1cc(Br)cs1. The zero-order valence-corrected chi connectivity index (χ0v) is 9.59. The van der Waals surface area contributed by atoms with Gasteiger partial charge >= 0.3 is 5.97 Å². The summed E-state index contributed by atoms with van der Waals surface area (Å²) in [5.41, 5.74) is 0. The number of hydrogen-bond acceptors (Lipinski definition) is 4. The maximum atomic E-state index is 11.2. The lowest BCUT2D eigenvalue weighted by molar-refractivity contribution is 0.0585. The highest BCUT2D eigenvalue weighted by Gasteiger charge is 2.08. The monoisotopic (exact) mass is 266 g/mol. The normalized spacial score (nSPS) is 9.83. The van der Waals surface area contributed by atoms with Crippen LogP contribution in [0.5, 0.6) is 0 Å². The molecule has 0 atom stereocenters. The minimum atomic E-state index is -0.250. The van der Waals surface area contributed by atoms with Crippen molar-refractivity contribution in [1.82, 2.24) is 0 Å². The first-order chi connectivity index (χ1) is 5.74. The van der Waals surface area contributed by atoms with Gasteiger partial charge in [0.15, 0.2) is 0 Å². The second kappa shape index (κ2) is 4.89. The van der Waals surface area contributed by atoms with Gasteiger partial charge in [0, 0.05) is 9.85 Å². The van der Waals surface area contributed by atoms with E-state index in [1.54, 1.807) is 6.07 Å². The Morgan fingerprint density at radius 3 is 3.08 bits per heavy atom. The van der Waals surface area contributed by atoms with Gasteiger partial charge in [-0.15, -0.1) is 23.1 Å². The van der Waals surface area contributed by atoms with Crippen LogP contribution in [0.25, 0.3) is 0 Å². The molecule has 0 amide bonds. The number of esters is 1. The third kappa shape index (κ3) is 2.80. The number of rotatable bonds is 3. The van der Waals surface area contributed by atoms with E-state index >= 15 is 0 Å². The Hall–Kier alpha value is -0.0000000000000000833. The van der Waals surface area contributed by atoms with Gasteiger partial charge in [-0.05, 0) is 28.3 Å². The van der Waals surface area contributed by atoms with Crippen LogP contribution in [0.3, 0.4) is 0 Å². The van der Waals surface area contributed by atoms with E-state index in [0.717, 1.165) is 4.47 Å². The first kappa shape index (κ1) is 10.1.